The van der Waals surface area contributed by atoms with Gasteiger partial charge < -0.3 is 4.98 Å². The van der Waals surface area contributed by atoms with Crippen LogP contribution in [0.3, 0.4) is 0 Å². The van der Waals surface area contributed by atoms with E-state index >= 15 is 0 Å². The molecular weight excluding hydrogens is 587 g/mol. The number of aromatic nitrogens is 5. The molecule has 10 rings (SSSR count). The van der Waals surface area contributed by atoms with Crippen molar-refractivity contribution in [2.75, 3.05) is 0 Å². The zero-order valence-corrected chi connectivity index (χ0v) is 26.2. The fourth-order valence-corrected chi connectivity index (χ4v) is 7.40. The Bertz CT molecular complexity index is 2830. The second-order valence-corrected chi connectivity index (χ2v) is 12.5. The van der Waals surface area contributed by atoms with Crippen molar-refractivity contribution in [2.45, 2.75) is 6.92 Å². The van der Waals surface area contributed by atoms with Crippen LogP contribution < -0.4 is 0 Å². The lowest BCUT2D eigenvalue weighted by Gasteiger charge is -2.11. The van der Waals surface area contributed by atoms with Crippen LogP contribution in [0.2, 0.25) is 0 Å². The Kier molecular flexibility index (Phi) is 5.72. The summed E-state index contributed by atoms with van der Waals surface area (Å²) in [7, 11) is 0. The molecular formula is C43H29N5. The van der Waals surface area contributed by atoms with Crippen molar-refractivity contribution in [3.63, 3.8) is 0 Å². The molecule has 5 heteroatoms. The fourth-order valence-electron chi connectivity index (χ4n) is 7.40. The number of H-pyrrole nitrogens is 1. The first-order chi connectivity index (χ1) is 23.7. The van der Waals surface area contributed by atoms with Crippen LogP contribution in [0, 0.1) is 6.92 Å². The van der Waals surface area contributed by atoms with E-state index in [1.54, 1.807) is 0 Å². The summed E-state index contributed by atoms with van der Waals surface area (Å²) in [4.78, 5) is 14.0. The van der Waals surface area contributed by atoms with E-state index in [0.717, 1.165) is 67.1 Å². The van der Waals surface area contributed by atoms with Gasteiger partial charge >= 0.3 is 0 Å². The van der Waals surface area contributed by atoms with Gasteiger partial charge in [0.1, 0.15) is 11.6 Å². The van der Waals surface area contributed by atoms with Crippen LogP contribution >= 0.6 is 0 Å². The predicted octanol–water partition coefficient (Wildman–Crippen LogP) is 10.8. The molecule has 5 nitrogen and oxygen atoms in total. The quantitative estimate of drug-likeness (QED) is 0.214. The topological polar surface area (TPSA) is 51.4 Å². The number of imidazole rings is 1. The molecule has 0 bridgehead atoms. The first-order valence-electron chi connectivity index (χ1n) is 16.3. The SMILES string of the molecule is Cc1ccc(-n2c(-c3cccc4c3[nH]c3ccccc34)nc3c(-c4ccc5c6ccccc6n(-c6ccccn6)c5c4)cccc32)cc1. The van der Waals surface area contributed by atoms with Crippen LogP contribution in [0.1, 0.15) is 5.56 Å². The van der Waals surface area contributed by atoms with Crippen molar-refractivity contribution in [1.82, 2.24) is 24.1 Å². The Hall–Kier alpha value is -6.46. The van der Waals surface area contributed by atoms with E-state index in [2.05, 4.69) is 155 Å². The van der Waals surface area contributed by atoms with E-state index in [-0.39, 0.29) is 0 Å². The molecule has 0 spiro atoms. The highest BCUT2D eigenvalue weighted by atomic mass is 15.1. The van der Waals surface area contributed by atoms with E-state index in [4.69, 9.17) is 9.97 Å². The number of hydrogen-bond acceptors (Lipinski definition) is 2. The van der Waals surface area contributed by atoms with E-state index in [1.807, 2.05) is 18.3 Å². The number of rotatable bonds is 4. The van der Waals surface area contributed by atoms with E-state index in [0.29, 0.717) is 0 Å². The van der Waals surface area contributed by atoms with Gasteiger partial charge in [-0.1, -0.05) is 96.6 Å². The molecule has 0 fully saturated rings. The molecule has 10 aromatic rings. The number of aromatic amines is 1. The van der Waals surface area contributed by atoms with Crippen molar-refractivity contribution in [2.24, 2.45) is 0 Å². The molecule has 226 valence electrons. The van der Waals surface area contributed by atoms with E-state index in [1.165, 1.54) is 27.1 Å². The number of nitrogens with one attached hydrogen (secondary N) is 1. The van der Waals surface area contributed by atoms with Crippen molar-refractivity contribution < 1.29 is 0 Å². The standard InChI is InChI=1S/C43H29N5/c1-27-19-22-29(23-20-27)47-38-17-9-12-30(42(38)46-43(47)35-14-8-13-34-31-10-2-4-15-36(31)45-41(34)35)28-21-24-33-32-11-3-5-16-37(32)48(39(33)26-28)40-18-6-7-25-44-40/h2-26,45H,1H3. The molecule has 4 aromatic heterocycles. The van der Waals surface area contributed by atoms with Crippen molar-refractivity contribution in [1.29, 1.82) is 0 Å². The maximum absolute atomic E-state index is 5.51. The van der Waals surface area contributed by atoms with Gasteiger partial charge in [0, 0.05) is 50.1 Å². The van der Waals surface area contributed by atoms with Gasteiger partial charge in [-0.05, 0) is 67.1 Å². The summed E-state index contributed by atoms with van der Waals surface area (Å²) in [6.45, 7) is 2.13. The first kappa shape index (κ1) is 26.7. The van der Waals surface area contributed by atoms with Gasteiger partial charge in [0.2, 0.25) is 0 Å². The molecule has 0 aliphatic rings. The van der Waals surface area contributed by atoms with Crippen molar-refractivity contribution in [3.8, 4) is 34.0 Å². The highest BCUT2D eigenvalue weighted by Crippen LogP contribution is 2.40. The lowest BCUT2D eigenvalue weighted by molar-refractivity contribution is 1.08. The normalized spacial score (nSPS) is 11.9. The third-order valence-electron chi connectivity index (χ3n) is 9.62. The lowest BCUT2D eigenvalue weighted by Crippen LogP contribution is -1.98. The number of fused-ring (bicyclic) bond motifs is 7. The summed E-state index contributed by atoms with van der Waals surface area (Å²) >= 11 is 0. The van der Waals surface area contributed by atoms with Crippen LogP contribution in [-0.4, -0.2) is 24.1 Å². The average Bonchev–Trinajstić information content (AvgIpc) is 3.82. The number of pyridine rings is 1. The third-order valence-corrected chi connectivity index (χ3v) is 9.62. The Morgan fingerprint density at radius 2 is 1.27 bits per heavy atom. The maximum atomic E-state index is 5.51. The van der Waals surface area contributed by atoms with Gasteiger partial charge in [0.05, 0.1) is 27.6 Å². The monoisotopic (exact) mass is 615 g/mol. The van der Waals surface area contributed by atoms with E-state index < -0.39 is 0 Å². The summed E-state index contributed by atoms with van der Waals surface area (Å²) in [5.41, 5.74) is 12.0. The van der Waals surface area contributed by atoms with Gasteiger partial charge in [-0.2, -0.15) is 0 Å². The molecule has 0 saturated carbocycles. The van der Waals surface area contributed by atoms with Crippen LogP contribution in [-0.2, 0) is 0 Å². The fraction of sp³-hybridized carbons (Fsp3) is 0.0233. The van der Waals surface area contributed by atoms with Crippen LogP contribution in [0.15, 0.2) is 152 Å². The Morgan fingerprint density at radius 1 is 0.542 bits per heavy atom. The molecule has 0 aliphatic carbocycles. The van der Waals surface area contributed by atoms with Gasteiger partial charge in [0.25, 0.3) is 0 Å². The number of hydrogen-bond donors (Lipinski definition) is 1. The average molecular weight is 616 g/mol. The third kappa shape index (κ3) is 3.91. The smallest absolute Gasteiger partial charge is 0.147 e. The van der Waals surface area contributed by atoms with Gasteiger partial charge in [-0.15, -0.1) is 0 Å². The van der Waals surface area contributed by atoms with Crippen LogP contribution in [0.25, 0.3) is 88.7 Å². The highest BCUT2D eigenvalue weighted by Gasteiger charge is 2.21. The summed E-state index contributed by atoms with van der Waals surface area (Å²) < 4.78 is 4.57. The van der Waals surface area contributed by atoms with Crippen molar-refractivity contribution >= 4 is 54.6 Å². The zero-order chi connectivity index (χ0) is 31.8. The summed E-state index contributed by atoms with van der Waals surface area (Å²) in [6, 6.07) is 51.7. The highest BCUT2D eigenvalue weighted by molar-refractivity contribution is 6.13. The zero-order valence-electron chi connectivity index (χ0n) is 26.2. The minimum absolute atomic E-state index is 0.899. The van der Waals surface area contributed by atoms with Crippen LogP contribution in [0.4, 0.5) is 0 Å². The minimum Gasteiger partial charge on any atom is -0.354 e. The second kappa shape index (κ2) is 10.3. The number of benzene rings is 6. The van der Waals surface area contributed by atoms with Crippen LogP contribution in [0.5, 0.6) is 0 Å². The summed E-state index contributed by atoms with van der Waals surface area (Å²) in [5, 5.41) is 4.81. The lowest BCUT2D eigenvalue weighted by atomic mass is 10.0. The molecule has 48 heavy (non-hydrogen) atoms. The van der Waals surface area contributed by atoms with Gasteiger partial charge in [-0.25, -0.2) is 9.97 Å². The van der Waals surface area contributed by atoms with E-state index in [9.17, 15) is 0 Å². The predicted molar refractivity (Wildman–Crippen MR) is 198 cm³/mol. The molecule has 0 unspecified atom stereocenters. The molecule has 0 atom stereocenters. The summed E-state index contributed by atoms with van der Waals surface area (Å²) in [6.07, 6.45) is 1.85. The Morgan fingerprint density at radius 3 is 2.15 bits per heavy atom. The Balaban J connectivity index is 1.26. The molecule has 0 aliphatic heterocycles. The van der Waals surface area contributed by atoms with Gasteiger partial charge in [0.15, 0.2) is 0 Å². The number of aryl methyl sites for hydroxylation is 1. The Labute approximate surface area is 276 Å². The minimum atomic E-state index is 0.899. The molecule has 4 heterocycles. The molecule has 6 aromatic carbocycles. The first-order valence-corrected chi connectivity index (χ1v) is 16.3. The van der Waals surface area contributed by atoms with Gasteiger partial charge in [-0.3, -0.25) is 9.13 Å². The second-order valence-electron chi connectivity index (χ2n) is 12.5. The number of para-hydroxylation sites is 4. The molecule has 0 radical (unpaired) electrons. The van der Waals surface area contributed by atoms with Crippen molar-refractivity contribution in [3.05, 3.63) is 157 Å². The maximum Gasteiger partial charge on any atom is 0.147 e. The number of nitrogens with zero attached hydrogens (tertiary/aromatic N) is 4. The largest absolute Gasteiger partial charge is 0.354 e. The summed E-state index contributed by atoms with van der Waals surface area (Å²) in [5.74, 6) is 1.80. The molecule has 0 saturated heterocycles. The molecule has 1 N–H and O–H groups in total. The molecule has 0 amide bonds.